The van der Waals surface area contributed by atoms with E-state index in [1.54, 1.807) is 4.52 Å². The first-order chi connectivity index (χ1) is 13.2. The van der Waals surface area contributed by atoms with Crippen LogP contribution in [0.4, 0.5) is 0 Å². The molecule has 0 bridgehead atoms. The second-order valence-corrected chi connectivity index (χ2v) is 6.54. The fraction of sp³-hybridized carbons (Fsp3) is 0.381. The third-order valence-corrected chi connectivity index (χ3v) is 4.35. The summed E-state index contributed by atoms with van der Waals surface area (Å²) < 4.78 is 7.41. The normalized spacial score (nSPS) is 10.9. The molecule has 0 radical (unpaired) electrons. The van der Waals surface area contributed by atoms with E-state index in [1.165, 1.54) is 0 Å². The van der Waals surface area contributed by atoms with E-state index in [4.69, 9.17) is 4.74 Å². The Morgan fingerprint density at radius 1 is 1.26 bits per heavy atom. The molecule has 0 atom stereocenters. The van der Waals surface area contributed by atoms with Gasteiger partial charge in [0, 0.05) is 31.4 Å². The Hall–Kier alpha value is -2.89. The molecule has 0 aliphatic heterocycles. The number of nitrogens with zero attached hydrogens (tertiary/aromatic N) is 3. The van der Waals surface area contributed by atoms with Gasteiger partial charge < -0.3 is 10.1 Å². The molecule has 3 rings (SSSR count). The van der Waals surface area contributed by atoms with Gasteiger partial charge in [0.15, 0.2) is 5.65 Å². The predicted molar refractivity (Wildman–Crippen MR) is 105 cm³/mol. The maximum Gasteiger partial charge on any atom is 0.220 e. The summed E-state index contributed by atoms with van der Waals surface area (Å²) in [5.41, 5.74) is 4.00. The summed E-state index contributed by atoms with van der Waals surface area (Å²) in [6, 6.07) is 9.84. The molecule has 2 aromatic heterocycles. The van der Waals surface area contributed by atoms with Crippen LogP contribution >= 0.6 is 0 Å². The molecule has 0 saturated heterocycles. The number of aryl methyl sites for hydroxylation is 3. The Kier molecular flexibility index (Phi) is 6.41. The molecule has 2 heterocycles. The molecular formula is C21H26N4O2. The van der Waals surface area contributed by atoms with Crippen LogP contribution in [-0.4, -0.2) is 33.7 Å². The molecule has 0 aliphatic carbocycles. The number of amides is 1. The smallest absolute Gasteiger partial charge is 0.220 e. The van der Waals surface area contributed by atoms with Gasteiger partial charge in [0.25, 0.3) is 0 Å². The van der Waals surface area contributed by atoms with E-state index in [9.17, 15) is 4.79 Å². The zero-order chi connectivity index (χ0) is 19.1. The Bertz CT molecular complexity index is 904. The molecule has 3 aromatic rings. The van der Waals surface area contributed by atoms with E-state index < -0.39 is 0 Å². The van der Waals surface area contributed by atoms with Crippen molar-refractivity contribution >= 4 is 11.6 Å². The van der Waals surface area contributed by atoms with Crippen LogP contribution in [0.5, 0.6) is 5.75 Å². The highest BCUT2D eigenvalue weighted by molar-refractivity contribution is 5.76. The van der Waals surface area contributed by atoms with Gasteiger partial charge in [-0.25, -0.2) is 9.50 Å². The Morgan fingerprint density at radius 3 is 2.96 bits per heavy atom. The van der Waals surface area contributed by atoms with E-state index >= 15 is 0 Å². The number of nitrogens with one attached hydrogen (secondary N) is 1. The van der Waals surface area contributed by atoms with Gasteiger partial charge in [0.1, 0.15) is 5.75 Å². The highest BCUT2D eigenvalue weighted by Gasteiger charge is 2.07. The van der Waals surface area contributed by atoms with E-state index in [2.05, 4.69) is 15.4 Å². The molecule has 0 fully saturated rings. The van der Waals surface area contributed by atoms with Gasteiger partial charge in [-0.3, -0.25) is 4.79 Å². The van der Waals surface area contributed by atoms with Crippen molar-refractivity contribution in [3.05, 3.63) is 59.5 Å². The Morgan fingerprint density at radius 2 is 2.11 bits per heavy atom. The van der Waals surface area contributed by atoms with E-state index in [0.717, 1.165) is 41.1 Å². The van der Waals surface area contributed by atoms with Crippen LogP contribution in [0.25, 0.3) is 5.65 Å². The molecule has 6 heteroatoms. The Balaban J connectivity index is 1.40. The number of benzene rings is 1. The highest BCUT2D eigenvalue weighted by Crippen LogP contribution is 2.19. The molecule has 1 aromatic carbocycles. The average Bonchev–Trinajstić information content (AvgIpc) is 3.04. The Labute approximate surface area is 159 Å². The summed E-state index contributed by atoms with van der Waals surface area (Å²) in [4.78, 5) is 16.5. The van der Waals surface area contributed by atoms with Gasteiger partial charge >= 0.3 is 0 Å². The lowest BCUT2D eigenvalue weighted by atomic mass is 10.1. The average molecular weight is 366 g/mol. The fourth-order valence-electron chi connectivity index (χ4n) is 3.03. The van der Waals surface area contributed by atoms with Crippen LogP contribution in [0.1, 0.15) is 36.6 Å². The number of hydrogen-bond acceptors (Lipinski definition) is 4. The van der Waals surface area contributed by atoms with Crippen molar-refractivity contribution < 1.29 is 9.53 Å². The second kappa shape index (κ2) is 9.16. The first kappa shape index (κ1) is 18.9. The maximum absolute atomic E-state index is 12.1. The van der Waals surface area contributed by atoms with Gasteiger partial charge in [0.05, 0.1) is 12.3 Å². The minimum absolute atomic E-state index is 0.0672. The lowest BCUT2D eigenvalue weighted by molar-refractivity contribution is -0.121. The lowest BCUT2D eigenvalue weighted by Gasteiger charge is -2.10. The molecule has 6 nitrogen and oxygen atoms in total. The molecule has 0 aliphatic rings. The van der Waals surface area contributed by atoms with E-state index in [1.807, 2.05) is 56.6 Å². The van der Waals surface area contributed by atoms with Crippen LogP contribution in [0.2, 0.25) is 0 Å². The minimum Gasteiger partial charge on any atom is -0.494 e. The number of fused-ring (bicyclic) bond motifs is 1. The van der Waals surface area contributed by atoms with Crippen LogP contribution < -0.4 is 10.1 Å². The molecular weight excluding hydrogens is 340 g/mol. The van der Waals surface area contributed by atoms with Crippen molar-refractivity contribution in [2.45, 2.75) is 39.5 Å². The van der Waals surface area contributed by atoms with E-state index in [0.29, 0.717) is 26.0 Å². The zero-order valence-electron chi connectivity index (χ0n) is 15.9. The second-order valence-electron chi connectivity index (χ2n) is 6.54. The summed E-state index contributed by atoms with van der Waals surface area (Å²) in [5.74, 6) is 0.933. The SMILES string of the molecule is CCOc1ccccc1CCC(=O)NCCCc1cnc2cc(C)nn2c1. The van der Waals surface area contributed by atoms with Gasteiger partial charge in [-0.05, 0) is 50.3 Å². The number of rotatable bonds is 9. The minimum atomic E-state index is 0.0672. The maximum atomic E-state index is 12.1. The van der Waals surface area contributed by atoms with Gasteiger partial charge in [0.2, 0.25) is 5.91 Å². The van der Waals surface area contributed by atoms with E-state index in [-0.39, 0.29) is 5.91 Å². The molecule has 142 valence electrons. The molecule has 0 unspecified atom stereocenters. The first-order valence-corrected chi connectivity index (χ1v) is 9.44. The fourth-order valence-corrected chi connectivity index (χ4v) is 3.03. The topological polar surface area (TPSA) is 68.5 Å². The standard InChI is InChI=1S/C21H26N4O2/c1-3-27-19-9-5-4-8-18(19)10-11-21(26)22-12-6-7-17-14-23-20-13-16(2)24-25(20)15-17/h4-5,8-9,13-15H,3,6-7,10-12H2,1-2H3,(H,22,26). The van der Waals surface area contributed by atoms with Crippen LogP contribution in [0.15, 0.2) is 42.7 Å². The third-order valence-electron chi connectivity index (χ3n) is 4.35. The quantitative estimate of drug-likeness (QED) is 0.591. The van der Waals surface area contributed by atoms with Gasteiger partial charge in [-0.2, -0.15) is 5.10 Å². The van der Waals surface area contributed by atoms with Crippen molar-refractivity contribution in [2.24, 2.45) is 0 Å². The highest BCUT2D eigenvalue weighted by atomic mass is 16.5. The monoisotopic (exact) mass is 366 g/mol. The zero-order valence-corrected chi connectivity index (χ0v) is 15.9. The summed E-state index contributed by atoms with van der Waals surface area (Å²) in [6.45, 7) is 5.20. The van der Waals surface area contributed by atoms with Crippen molar-refractivity contribution in [1.29, 1.82) is 0 Å². The third kappa shape index (κ3) is 5.29. The largest absolute Gasteiger partial charge is 0.494 e. The van der Waals surface area contributed by atoms with Gasteiger partial charge in [-0.15, -0.1) is 0 Å². The van der Waals surface area contributed by atoms with Gasteiger partial charge in [-0.1, -0.05) is 18.2 Å². The molecule has 0 spiro atoms. The number of carbonyl (C=O) groups excluding carboxylic acids is 1. The molecule has 27 heavy (non-hydrogen) atoms. The molecule has 0 saturated carbocycles. The summed E-state index contributed by atoms with van der Waals surface area (Å²) in [6.07, 6.45) is 6.75. The van der Waals surface area contributed by atoms with Crippen molar-refractivity contribution in [2.75, 3.05) is 13.2 Å². The van der Waals surface area contributed by atoms with Crippen molar-refractivity contribution in [3.63, 3.8) is 0 Å². The van der Waals surface area contributed by atoms with Crippen molar-refractivity contribution in [1.82, 2.24) is 19.9 Å². The number of carbonyl (C=O) groups is 1. The number of hydrogen-bond donors (Lipinski definition) is 1. The number of ether oxygens (including phenoxy) is 1. The van der Waals surface area contributed by atoms with Crippen LogP contribution in [0.3, 0.4) is 0 Å². The molecule has 1 N–H and O–H groups in total. The molecule has 1 amide bonds. The summed E-state index contributed by atoms with van der Waals surface area (Å²) >= 11 is 0. The summed E-state index contributed by atoms with van der Waals surface area (Å²) in [5, 5.41) is 7.37. The number of aromatic nitrogens is 3. The predicted octanol–water partition coefficient (Wildman–Crippen LogP) is 3.12. The summed E-state index contributed by atoms with van der Waals surface area (Å²) in [7, 11) is 0. The first-order valence-electron chi connectivity index (χ1n) is 9.44. The van der Waals surface area contributed by atoms with Crippen LogP contribution in [-0.2, 0) is 17.6 Å². The number of para-hydroxylation sites is 1. The van der Waals surface area contributed by atoms with Crippen LogP contribution in [0, 0.1) is 6.92 Å². The lowest BCUT2D eigenvalue weighted by Crippen LogP contribution is -2.25. The van der Waals surface area contributed by atoms with Crippen molar-refractivity contribution in [3.8, 4) is 5.75 Å².